The Labute approximate surface area is 104 Å². The van der Waals surface area contributed by atoms with Crippen LogP contribution in [0.1, 0.15) is 22.7 Å². The summed E-state index contributed by atoms with van der Waals surface area (Å²) in [5, 5.41) is 3.35. The van der Waals surface area contributed by atoms with Crippen molar-refractivity contribution in [1.29, 1.82) is 0 Å². The maximum absolute atomic E-state index is 13.3. The summed E-state index contributed by atoms with van der Waals surface area (Å²) in [5.74, 6) is -1.60. The second-order valence-corrected chi connectivity index (χ2v) is 4.51. The highest BCUT2D eigenvalue weighted by atomic mass is 19.2. The molecule has 0 amide bonds. The van der Waals surface area contributed by atoms with Crippen LogP contribution in [-0.4, -0.2) is 6.54 Å². The van der Waals surface area contributed by atoms with Crippen molar-refractivity contribution in [2.45, 2.75) is 12.5 Å². The Kier molecular flexibility index (Phi) is 2.84. The summed E-state index contributed by atoms with van der Waals surface area (Å²) in [6.45, 7) is 0.848. The first kappa shape index (κ1) is 11.4. The van der Waals surface area contributed by atoms with Crippen molar-refractivity contribution >= 4 is 0 Å². The molecule has 2 aromatic rings. The van der Waals surface area contributed by atoms with Crippen molar-refractivity contribution in [2.24, 2.45) is 0 Å². The Balaban J connectivity index is 2.05. The normalized spacial score (nSPS) is 18.4. The summed E-state index contributed by atoms with van der Waals surface area (Å²) in [6, 6.07) is 12.1. The smallest absolute Gasteiger partial charge is 0.159 e. The van der Waals surface area contributed by atoms with Gasteiger partial charge in [-0.25, -0.2) is 8.78 Å². The number of fused-ring (bicyclic) bond motifs is 1. The zero-order valence-corrected chi connectivity index (χ0v) is 9.79. The second-order valence-electron chi connectivity index (χ2n) is 4.51. The quantitative estimate of drug-likeness (QED) is 0.813. The molecule has 18 heavy (non-hydrogen) atoms. The van der Waals surface area contributed by atoms with Gasteiger partial charge in [-0.05, 0) is 35.2 Å². The number of nitrogens with one attached hydrogen (secondary N) is 1. The van der Waals surface area contributed by atoms with Gasteiger partial charge < -0.3 is 5.32 Å². The van der Waals surface area contributed by atoms with Gasteiger partial charge in [0.15, 0.2) is 11.6 Å². The van der Waals surface area contributed by atoms with Crippen molar-refractivity contribution in [2.75, 3.05) is 6.54 Å². The molecule has 0 fully saturated rings. The van der Waals surface area contributed by atoms with E-state index in [4.69, 9.17) is 0 Å². The fraction of sp³-hybridized carbons (Fsp3) is 0.200. The van der Waals surface area contributed by atoms with E-state index in [1.54, 1.807) is 6.07 Å². The summed E-state index contributed by atoms with van der Waals surface area (Å²) >= 11 is 0. The standard InChI is InChI=1S/C15H13F2N/c16-13-6-5-11(9-14(13)17)15-12-4-2-1-3-10(12)7-8-18-15/h1-6,9,15,18H,7-8H2/t15-/m0/s1. The van der Waals surface area contributed by atoms with Gasteiger partial charge in [-0.1, -0.05) is 30.3 Å². The van der Waals surface area contributed by atoms with Crippen LogP contribution >= 0.6 is 0 Å². The maximum atomic E-state index is 13.3. The van der Waals surface area contributed by atoms with Crippen LogP contribution in [0.3, 0.4) is 0 Å². The van der Waals surface area contributed by atoms with E-state index in [1.807, 2.05) is 18.2 Å². The molecule has 3 heteroatoms. The third-order valence-corrected chi connectivity index (χ3v) is 3.39. The van der Waals surface area contributed by atoms with Crippen molar-refractivity contribution in [3.8, 4) is 0 Å². The van der Waals surface area contributed by atoms with Crippen LogP contribution in [0.2, 0.25) is 0 Å². The monoisotopic (exact) mass is 245 g/mol. The first-order valence-corrected chi connectivity index (χ1v) is 6.02. The fourth-order valence-corrected chi connectivity index (χ4v) is 2.49. The average Bonchev–Trinajstić information content (AvgIpc) is 2.41. The lowest BCUT2D eigenvalue weighted by molar-refractivity contribution is 0.501. The summed E-state index contributed by atoms with van der Waals surface area (Å²) in [5.41, 5.74) is 3.18. The third kappa shape index (κ3) is 1.91. The molecule has 1 nitrogen and oxygen atoms in total. The van der Waals surface area contributed by atoms with E-state index in [2.05, 4.69) is 11.4 Å². The molecule has 1 atom stereocenters. The van der Waals surface area contributed by atoms with Crippen molar-refractivity contribution in [1.82, 2.24) is 5.32 Å². The van der Waals surface area contributed by atoms with Crippen LogP contribution in [0, 0.1) is 11.6 Å². The third-order valence-electron chi connectivity index (χ3n) is 3.39. The van der Waals surface area contributed by atoms with Crippen molar-refractivity contribution < 1.29 is 8.78 Å². The van der Waals surface area contributed by atoms with E-state index in [0.717, 1.165) is 24.1 Å². The van der Waals surface area contributed by atoms with E-state index in [9.17, 15) is 8.78 Å². The number of rotatable bonds is 1. The molecule has 0 saturated heterocycles. The molecule has 2 aromatic carbocycles. The van der Waals surface area contributed by atoms with E-state index < -0.39 is 11.6 Å². The molecule has 0 bridgehead atoms. The molecule has 1 N–H and O–H groups in total. The molecule has 3 rings (SSSR count). The molecular weight excluding hydrogens is 232 g/mol. The Morgan fingerprint density at radius 1 is 1.00 bits per heavy atom. The van der Waals surface area contributed by atoms with Crippen molar-refractivity contribution in [3.05, 3.63) is 70.8 Å². The zero-order chi connectivity index (χ0) is 12.5. The predicted molar refractivity (Wildman–Crippen MR) is 66.3 cm³/mol. The number of halogens is 2. The summed E-state index contributed by atoms with van der Waals surface area (Å²) in [7, 11) is 0. The Hall–Kier alpha value is -1.74. The highest BCUT2D eigenvalue weighted by Crippen LogP contribution is 2.29. The highest BCUT2D eigenvalue weighted by Gasteiger charge is 2.21. The molecule has 1 heterocycles. The average molecular weight is 245 g/mol. The van der Waals surface area contributed by atoms with E-state index in [1.165, 1.54) is 17.7 Å². The molecule has 0 spiro atoms. The van der Waals surface area contributed by atoms with Gasteiger partial charge in [-0.15, -0.1) is 0 Å². The van der Waals surface area contributed by atoms with Gasteiger partial charge in [0.25, 0.3) is 0 Å². The molecule has 0 unspecified atom stereocenters. The summed E-state index contributed by atoms with van der Waals surface area (Å²) < 4.78 is 26.3. The van der Waals surface area contributed by atoms with Gasteiger partial charge in [0.1, 0.15) is 0 Å². The summed E-state index contributed by atoms with van der Waals surface area (Å²) in [6.07, 6.45) is 0.969. The topological polar surface area (TPSA) is 12.0 Å². The first-order chi connectivity index (χ1) is 8.75. The first-order valence-electron chi connectivity index (χ1n) is 6.02. The van der Waals surface area contributed by atoms with Crippen LogP contribution in [-0.2, 0) is 6.42 Å². The Morgan fingerprint density at radius 3 is 2.67 bits per heavy atom. The van der Waals surface area contributed by atoms with Crippen LogP contribution in [0.5, 0.6) is 0 Å². The lowest BCUT2D eigenvalue weighted by atomic mass is 9.90. The molecule has 92 valence electrons. The summed E-state index contributed by atoms with van der Waals surface area (Å²) in [4.78, 5) is 0. The molecule has 0 aromatic heterocycles. The molecule has 0 saturated carbocycles. The predicted octanol–water partition coefficient (Wildman–Crippen LogP) is 3.20. The van der Waals surface area contributed by atoms with Gasteiger partial charge >= 0.3 is 0 Å². The molecule has 0 aliphatic carbocycles. The molecule has 1 aliphatic heterocycles. The van der Waals surface area contributed by atoms with Crippen LogP contribution in [0.4, 0.5) is 8.78 Å². The van der Waals surface area contributed by atoms with Gasteiger partial charge in [0, 0.05) is 6.54 Å². The van der Waals surface area contributed by atoms with Gasteiger partial charge in [-0.3, -0.25) is 0 Å². The lowest BCUT2D eigenvalue weighted by Crippen LogP contribution is -2.30. The molecule has 0 radical (unpaired) electrons. The number of hydrogen-bond acceptors (Lipinski definition) is 1. The van der Waals surface area contributed by atoms with Gasteiger partial charge in [0.05, 0.1) is 6.04 Å². The zero-order valence-electron chi connectivity index (χ0n) is 9.79. The molecular formula is C15H13F2N. The van der Waals surface area contributed by atoms with E-state index in [-0.39, 0.29) is 6.04 Å². The fourth-order valence-electron chi connectivity index (χ4n) is 2.49. The SMILES string of the molecule is Fc1ccc([C@@H]2NCCc3ccccc32)cc1F. The van der Waals surface area contributed by atoms with Crippen LogP contribution in [0.25, 0.3) is 0 Å². The second kappa shape index (κ2) is 4.50. The number of benzene rings is 2. The van der Waals surface area contributed by atoms with Gasteiger partial charge in [0.2, 0.25) is 0 Å². The van der Waals surface area contributed by atoms with E-state index >= 15 is 0 Å². The minimum Gasteiger partial charge on any atom is -0.306 e. The van der Waals surface area contributed by atoms with Crippen LogP contribution < -0.4 is 5.32 Å². The minimum absolute atomic E-state index is 0.0509. The Bertz CT molecular complexity index is 580. The van der Waals surface area contributed by atoms with E-state index in [0.29, 0.717) is 0 Å². The minimum atomic E-state index is -0.803. The van der Waals surface area contributed by atoms with Crippen molar-refractivity contribution in [3.63, 3.8) is 0 Å². The largest absolute Gasteiger partial charge is 0.306 e. The molecule has 1 aliphatic rings. The maximum Gasteiger partial charge on any atom is 0.159 e. The highest BCUT2D eigenvalue weighted by molar-refractivity contribution is 5.39. The lowest BCUT2D eigenvalue weighted by Gasteiger charge is -2.27. The Morgan fingerprint density at radius 2 is 1.83 bits per heavy atom. The van der Waals surface area contributed by atoms with Crippen LogP contribution in [0.15, 0.2) is 42.5 Å². The number of hydrogen-bond donors (Lipinski definition) is 1. The van der Waals surface area contributed by atoms with Gasteiger partial charge in [-0.2, -0.15) is 0 Å².